The normalized spacial score (nSPS) is 10.3. The molecule has 6 nitrogen and oxygen atoms in total. The first-order valence-corrected chi connectivity index (χ1v) is 7.07. The van der Waals surface area contributed by atoms with Crippen LogP contribution < -0.4 is 16.5 Å². The van der Waals surface area contributed by atoms with Gasteiger partial charge in [-0.05, 0) is 25.0 Å². The van der Waals surface area contributed by atoms with Crippen LogP contribution in [-0.4, -0.2) is 21.1 Å². The van der Waals surface area contributed by atoms with Gasteiger partial charge in [0.1, 0.15) is 5.82 Å². The van der Waals surface area contributed by atoms with Gasteiger partial charge in [-0.3, -0.25) is 5.43 Å². The van der Waals surface area contributed by atoms with Crippen LogP contribution in [0.4, 0.5) is 5.95 Å². The number of aryl methyl sites for hydroxylation is 3. The van der Waals surface area contributed by atoms with Crippen molar-refractivity contribution in [2.45, 2.75) is 27.2 Å². The van der Waals surface area contributed by atoms with E-state index in [0.29, 0.717) is 18.8 Å². The van der Waals surface area contributed by atoms with Crippen molar-refractivity contribution in [2.24, 2.45) is 0 Å². The topological polar surface area (TPSA) is 71.8 Å². The lowest BCUT2D eigenvalue weighted by atomic mass is 10.1. The predicted octanol–water partition coefficient (Wildman–Crippen LogP) is 1.36. The Bertz CT molecular complexity index is 753. The quantitative estimate of drug-likeness (QED) is 0.495. The van der Waals surface area contributed by atoms with Crippen LogP contribution in [0.15, 0.2) is 23.0 Å². The summed E-state index contributed by atoms with van der Waals surface area (Å²) in [4.78, 5) is 20.8. The molecule has 2 N–H and O–H groups in total. The van der Waals surface area contributed by atoms with Crippen molar-refractivity contribution in [3.63, 3.8) is 0 Å². The van der Waals surface area contributed by atoms with Crippen LogP contribution in [0.5, 0.6) is 0 Å². The number of rotatable bonds is 5. The van der Waals surface area contributed by atoms with Crippen LogP contribution in [-0.2, 0) is 6.42 Å². The van der Waals surface area contributed by atoms with Gasteiger partial charge in [-0.15, -0.1) is 6.42 Å². The smallest absolute Gasteiger partial charge is 0.289 e. The minimum Gasteiger partial charge on any atom is -0.289 e. The number of nitrogens with one attached hydrogen (secondary N) is 2. The van der Waals surface area contributed by atoms with Crippen molar-refractivity contribution in [1.82, 2.24) is 20.0 Å². The molecule has 0 spiro atoms. The number of benzene rings is 1. The molecule has 0 radical (unpaired) electrons. The van der Waals surface area contributed by atoms with Crippen molar-refractivity contribution < 1.29 is 0 Å². The summed E-state index contributed by atoms with van der Waals surface area (Å²) in [5.41, 5.74) is 7.98. The zero-order chi connectivity index (χ0) is 16.1. The molecule has 0 unspecified atom stereocenters. The summed E-state index contributed by atoms with van der Waals surface area (Å²) in [5.74, 6) is 3.28. The molecule has 0 aliphatic carbocycles. The molecule has 0 fully saturated rings. The monoisotopic (exact) mass is 297 g/mol. The number of hydrogen-bond acceptors (Lipinski definition) is 5. The fraction of sp³-hybridized carbons (Fsp3) is 0.312. The number of terminal acetylenes is 1. The van der Waals surface area contributed by atoms with E-state index in [-0.39, 0.29) is 11.6 Å². The third-order valence-corrected chi connectivity index (χ3v) is 3.26. The minimum atomic E-state index is -0.366. The standard InChI is InChI=1S/C16H19N5O/c1-5-10-17-20-15-18-13(6-2)21(16(22)19-15)14-11(3)8-7-9-12(14)4/h1,7-9,17H,6,10H2,2-4H3,(H,19,20,22). The third kappa shape index (κ3) is 3.15. The van der Waals surface area contributed by atoms with Crippen molar-refractivity contribution in [3.8, 4) is 18.0 Å². The number of para-hydroxylation sites is 1. The highest BCUT2D eigenvalue weighted by molar-refractivity contribution is 5.47. The van der Waals surface area contributed by atoms with Crippen molar-refractivity contribution in [2.75, 3.05) is 12.0 Å². The molecule has 114 valence electrons. The molecule has 1 aromatic heterocycles. The average molecular weight is 297 g/mol. The number of nitrogens with zero attached hydrogens (tertiary/aromatic N) is 3. The van der Waals surface area contributed by atoms with Crippen LogP contribution in [0.25, 0.3) is 5.69 Å². The second kappa shape index (κ2) is 6.87. The van der Waals surface area contributed by atoms with Gasteiger partial charge < -0.3 is 0 Å². The fourth-order valence-electron chi connectivity index (χ4n) is 2.30. The Morgan fingerprint density at radius 1 is 1.27 bits per heavy atom. The number of hydrazine groups is 1. The lowest BCUT2D eigenvalue weighted by Crippen LogP contribution is -2.31. The Morgan fingerprint density at radius 3 is 2.55 bits per heavy atom. The summed E-state index contributed by atoms with van der Waals surface area (Å²) in [6.45, 7) is 6.19. The number of hydrogen-bond donors (Lipinski definition) is 2. The van der Waals surface area contributed by atoms with Crippen molar-refractivity contribution in [1.29, 1.82) is 0 Å². The average Bonchev–Trinajstić information content (AvgIpc) is 2.48. The summed E-state index contributed by atoms with van der Waals surface area (Å²) >= 11 is 0. The van der Waals surface area contributed by atoms with E-state index >= 15 is 0 Å². The lowest BCUT2D eigenvalue weighted by molar-refractivity contribution is 0.750. The Balaban J connectivity index is 2.54. The highest BCUT2D eigenvalue weighted by Gasteiger charge is 2.14. The van der Waals surface area contributed by atoms with Crippen LogP contribution in [0.3, 0.4) is 0 Å². The summed E-state index contributed by atoms with van der Waals surface area (Å²) in [6.07, 6.45) is 5.76. The van der Waals surface area contributed by atoms with Gasteiger partial charge in [0, 0.05) is 6.42 Å². The zero-order valence-corrected chi connectivity index (χ0v) is 13.0. The molecule has 0 amide bonds. The minimum absolute atomic E-state index is 0.222. The first-order valence-electron chi connectivity index (χ1n) is 7.07. The second-order valence-electron chi connectivity index (χ2n) is 4.86. The van der Waals surface area contributed by atoms with E-state index in [2.05, 4.69) is 26.7 Å². The van der Waals surface area contributed by atoms with Crippen LogP contribution in [0.1, 0.15) is 23.9 Å². The second-order valence-corrected chi connectivity index (χ2v) is 4.86. The number of aromatic nitrogens is 3. The molecule has 1 heterocycles. The summed E-state index contributed by atoms with van der Waals surface area (Å²) in [5, 5.41) is 0. The van der Waals surface area contributed by atoms with Gasteiger partial charge in [-0.25, -0.2) is 14.8 Å². The summed E-state index contributed by atoms with van der Waals surface area (Å²) < 4.78 is 1.57. The maximum atomic E-state index is 12.5. The highest BCUT2D eigenvalue weighted by atomic mass is 16.1. The third-order valence-electron chi connectivity index (χ3n) is 3.26. The molecule has 0 aliphatic rings. The van der Waals surface area contributed by atoms with Gasteiger partial charge in [0.15, 0.2) is 0 Å². The Labute approximate surface area is 129 Å². The molecule has 2 aromatic rings. The van der Waals surface area contributed by atoms with E-state index in [9.17, 15) is 4.79 Å². The Morgan fingerprint density at radius 2 is 1.95 bits per heavy atom. The van der Waals surface area contributed by atoms with Crippen LogP contribution >= 0.6 is 0 Å². The molecule has 0 saturated heterocycles. The van der Waals surface area contributed by atoms with Crippen LogP contribution in [0, 0.1) is 26.2 Å². The molecule has 0 bridgehead atoms. The van der Waals surface area contributed by atoms with E-state index < -0.39 is 0 Å². The van der Waals surface area contributed by atoms with Crippen LogP contribution in [0.2, 0.25) is 0 Å². The van der Waals surface area contributed by atoms with E-state index in [0.717, 1.165) is 16.8 Å². The molecule has 1 aromatic carbocycles. The predicted molar refractivity (Wildman–Crippen MR) is 86.9 cm³/mol. The largest absolute Gasteiger partial charge is 0.356 e. The van der Waals surface area contributed by atoms with E-state index in [1.165, 1.54) is 0 Å². The highest BCUT2D eigenvalue weighted by Crippen LogP contribution is 2.18. The van der Waals surface area contributed by atoms with Gasteiger partial charge in [0.2, 0.25) is 5.95 Å². The Kier molecular flexibility index (Phi) is 4.92. The van der Waals surface area contributed by atoms with Gasteiger partial charge in [-0.1, -0.05) is 31.0 Å². The molecule has 6 heteroatoms. The van der Waals surface area contributed by atoms with Gasteiger partial charge in [0.25, 0.3) is 0 Å². The van der Waals surface area contributed by atoms with Gasteiger partial charge >= 0.3 is 5.69 Å². The fourth-order valence-corrected chi connectivity index (χ4v) is 2.30. The first-order chi connectivity index (χ1) is 10.6. The molecule has 0 atom stereocenters. The van der Waals surface area contributed by atoms with Gasteiger partial charge in [-0.2, -0.15) is 9.97 Å². The van der Waals surface area contributed by atoms with E-state index in [4.69, 9.17) is 6.42 Å². The summed E-state index contributed by atoms with van der Waals surface area (Å²) in [7, 11) is 0. The van der Waals surface area contributed by atoms with E-state index in [1.54, 1.807) is 4.57 Å². The molecular weight excluding hydrogens is 278 g/mol. The maximum absolute atomic E-state index is 12.5. The Hall–Kier alpha value is -2.65. The molecule has 0 aliphatic heterocycles. The van der Waals surface area contributed by atoms with Crippen molar-refractivity contribution >= 4 is 5.95 Å². The van der Waals surface area contributed by atoms with Gasteiger partial charge in [0.05, 0.1) is 12.2 Å². The number of anilines is 1. The van der Waals surface area contributed by atoms with Crippen molar-refractivity contribution in [3.05, 3.63) is 45.6 Å². The first kappa shape index (κ1) is 15.7. The maximum Gasteiger partial charge on any atom is 0.356 e. The lowest BCUT2D eigenvalue weighted by Gasteiger charge is -2.16. The summed E-state index contributed by atoms with van der Waals surface area (Å²) in [6, 6.07) is 5.90. The molecule has 0 saturated carbocycles. The molecule has 2 rings (SSSR count). The molecule has 22 heavy (non-hydrogen) atoms. The molecular formula is C16H19N5O. The zero-order valence-electron chi connectivity index (χ0n) is 13.0. The SMILES string of the molecule is C#CCNNc1nc(CC)n(-c2c(C)cccc2C)c(=O)n1. The van der Waals surface area contributed by atoms with E-state index in [1.807, 2.05) is 39.0 Å².